The predicted molar refractivity (Wildman–Crippen MR) is 160 cm³/mol. The highest BCUT2D eigenvalue weighted by Gasteiger charge is 2.47. The Bertz CT molecular complexity index is 1870. The molecular formula is C31H29N7O2S. The van der Waals surface area contributed by atoms with Gasteiger partial charge in [-0.25, -0.2) is 23.4 Å². The molecule has 10 heteroatoms. The molecular weight excluding hydrogens is 534 g/mol. The van der Waals surface area contributed by atoms with Crippen molar-refractivity contribution < 1.29 is 8.42 Å². The van der Waals surface area contributed by atoms with E-state index in [0.717, 1.165) is 64.2 Å². The number of nitrogen functional groups attached to an aromatic ring is 1. The molecule has 2 fully saturated rings. The number of piperazine rings is 1. The number of nitrogens with two attached hydrogens (primary N) is 1. The van der Waals surface area contributed by atoms with Crippen LogP contribution in [0.3, 0.4) is 0 Å². The molecule has 3 aromatic heterocycles. The molecule has 0 aliphatic carbocycles. The van der Waals surface area contributed by atoms with E-state index in [-0.39, 0.29) is 12.1 Å². The molecule has 9 nitrogen and oxygen atoms in total. The molecule has 5 aromatic rings. The molecule has 2 aromatic carbocycles. The van der Waals surface area contributed by atoms with Gasteiger partial charge in [-0.1, -0.05) is 49.0 Å². The van der Waals surface area contributed by atoms with Crippen molar-refractivity contribution in [3.63, 3.8) is 0 Å². The standard InChI is InChI=1S/C31H29N7O2S/c1-2-41(39,40)37-20-24-17-25(37)19-36(24)18-21-10-12-23(13-11-21)38-30(26-9-6-16-33-29(26)32)35-28-15-14-27(34-31(28)38)22-7-4-3-5-8-22/h2-16,24-25H,1,17-20H2,(H2,32,33)/t24-,25-/m0/s1. The van der Waals surface area contributed by atoms with Gasteiger partial charge in [0.2, 0.25) is 10.0 Å². The molecule has 2 bridgehead atoms. The lowest BCUT2D eigenvalue weighted by molar-refractivity contribution is 0.175. The fourth-order valence-corrected chi connectivity index (χ4v) is 7.20. The van der Waals surface area contributed by atoms with Gasteiger partial charge < -0.3 is 5.73 Å². The Morgan fingerprint density at radius 3 is 2.44 bits per heavy atom. The second kappa shape index (κ2) is 9.91. The van der Waals surface area contributed by atoms with Crippen molar-refractivity contribution in [1.29, 1.82) is 0 Å². The number of nitrogens with zero attached hydrogens (tertiary/aromatic N) is 6. The van der Waals surface area contributed by atoms with E-state index in [4.69, 9.17) is 15.7 Å². The lowest BCUT2D eigenvalue weighted by Crippen LogP contribution is -2.47. The van der Waals surface area contributed by atoms with Crippen LogP contribution in [0.15, 0.2) is 97.0 Å². The fourth-order valence-electron chi connectivity index (χ4n) is 6.06. The highest BCUT2D eigenvalue weighted by Crippen LogP contribution is 2.35. The van der Waals surface area contributed by atoms with Gasteiger partial charge in [0.1, 0.15) is 11.3 Å². The number of anilines is 1. The first kappa shape index (κ1) is 25.6. The van der Waals surface area contributed by atoms with E-state index in [0.29, 0.717) is 18.2 Å². The lowest BCUT2D eigenvalue weighted by atomic mass is 10.1. The van der Waals surface area contributed by atoms with Gasteiger partial charge in [0, 0.05) is 54.6 Å². The van der Waals surface area contributed by atoms with E-state index in [1.54, 1.807) is 10.5 Å². The minimum Gasteiger partial charge on any atom is -0.383 e. The van der Waals surface area contributed by atoms with E-state index >= 15 is 0 Å². The summed E-state index contributed by atoms with van der Waals surface area (Å²) in [7, 11) is -3.38. The average molecular weight is 564 g/mol. The van der Waals surface area contributed by atoms with E-state index in [1.807, 2.05) is 59.2 Å². The lowest BCUT2D eigenvalue weighted by Gasteiger charge is -2.32. The van der Waals surface area contributed by atoms with Gasteiger partial charge in [-0.3, -0.25) is 9.47 Å². The van der Waals surface area contributed by atoms with Crippen LogP contribution in [0.2, 0.25) is 0 Å². The maximum atomic E-state index is 12.3. The number of likely N-dealkylation sites (tertiary alicyclic amines) is 1. The number of hydrogen-bond donors (Lipinski definition) is 1. The average Bonchev–Trinajstić information content (AvgIpc) is 3.71. The van der Waals surface area contributed by atoms with Crippen LogP contribution in [0.1, 0.15) is 12.0 Å². The molecule has 2 saturated heterocycles. The number of pyridine rings is 2. The second-order valence-corrected chi connectivity index (χ2v) is 12.4. The summed E-state index contributed by atoms with van der Waals surface area (Å²) < 4.78 is 28.3. The van der Waals surface area contributed by atoms with Crippen molar-refractivity contribution in [3.05, 3.63) is 103 Å². The molecule has 2 aliphatic rings. The Morgan fingerprint density at radius 1 is 0.927 bits per heavy atom. The maximum absolute atomic E-state index is 12.3. The normalized spacial score (nSPS) is 19.2. The third-order valence-electron chi connectivity index (χ3n) is 8.07. The third-order valence-corrected chi connectivity index (χ3v) is 9.60. The molecule has 0 spiro atoms. The largest absolute Gasteiger partial charge is 0.383 e. The van der Waals surface area contributed by atoms with Crippen LogP contribution in [-0.2, 0) is 16.6 Å². The first-order valence-electron chi connectivity index (χ1n) is 13.5. The number of hydrogen-bond acceptors (Lipinski definition) is 7. The molecule has 2 N–H and O–H groups in total. The summed E-state index contributed by atoms with van der Waals surface area (Å²) in [5, 5.41) is 1.06. The van der Waals surface area contributed by atoms with Crippen molar-refractivity contribution in [1.82, 2.24) is 28.7 Å². The van der Waals surface area contributed by atoms with Gasteiger partial charge in [0.15, 0.2) is 11.5 Å². The van der Waals surface area contributed by atoms with E-state index < -0.39 is 10.0 Å². The summed E-state index contributed by atoms with van der Waals surface area (Å²) in [6, 6.07) is 26.4. The Hall–Kier alpha value is -4.38. The minimum atomic E-state index is -3.38. The number of sulfonamides is 1. The quantitative estimate of drug-likeness (QED) is 0.311. The van der Waals surface area contributed by atoms with Gasteiger partial charge in [0.05, 0.1) is 11.3 Å². The number of fused-ring (bicyclic) bond motifs is 3. The smallest absolute Gasteiger partial charge is 0.235 e. The fraction of sp³-hybridized carbons (Fsp3) is 0.194. The highest BCUT2D eigenvalue weighted by atomic mass is 32.2. The van der Waals surface area contributed by atoms with Crippen molar-refractivity contribution in [2.75, 3.05) is 18.8 Å². The predicted octanol–water partition coefficient (Wildman–Crippen LogP) is 4.46. The zero-order valence-electron chi connectivity index (χ0n) is 22.3. The van der Waals surface area contributed by atoms with Gasteiger partial charge in [-0.05, 0) is 48.4 Å². The Morgan fingerprint density at radius 2 is 1.73 bits per heavy atom. The van der Waals surface area contributed by atoms with Gasteiger partial charge >= 0.3 is 0 Å². The monoisotopic (exact) mass is 563 g/mol. The maximum Gasteiger partial charge on any atom is 0.235 e. The molecule has 0 amide bonds. The number of imidazole rings is 1. The summed E-state index contributed by atoms with van der Waals surface area (Å²) in [5.74, 6) is 1.08. The summed E-state index contributed by atoms with van der Waals surface area (Å²) in [5.41, 5.74) is 12.5. The Labute approximate surface area is 238 Å². The SMILES string of the molecule is C=CS(=O)(=O)N1C[C@@H]2C[C@H]1CN2Cc1ccc(-n2c(-c3cccnc3N)nc3ccc(-c4ccccc4)nc32)cc1. The minimum absolute atomic E-state index is 0.0111. The number of aromatic nitrogens is 4. The van der Waals surface area contributed by atoms with Crippen molar-refractivity contribution in [2.45, 2.75) is 25.0 Å². The van der Waals surface area contributed by atoms with Crippen molar-refractivity contribution in [2.24, 2.45) is 0 Å². The van der Waals surface area contributed by atoms with E-state index in [9.17, 15) is 8.42 Å². The van der Waals surface area contributed by atoms with Crippen LogP contribution in [0, 0.1) is 0 Å². The van der Waals surface area contributed by atoms with E-state index in [2.05, 4.69) is 40.7 Å². The molecule has 7 rings (SSSR count). The molecule has 5 heterocycles. The van der Waals surface area contributed by atoms with Crippen molar-refractivity contribution >= 4 is 27.0 Å². The molecule has 2 aliphatic heterocycles. The zero-order chi connectivity index (χ0) is 28.1. The summed E-state index contributed by atoms with van der Waals surface area (Å²) in [6.07, 6.45) is 2.53. The number of rotatable bonds is 7. The Kier molecular flexibility index (Phi) is 6.19. The molecule has 206 valence electrons. The first-order valence-corrected chi connectivity index (χ1v) is 15.0. The summed E-state index contributed by atoms with van der Waals surface area (Å²) in [6.45, 7) is 5.48. The third kappa shape index (κ3) is 4.50. The van der Waals surface area contributed by atoms with Gasteiger partial charge in [-0.2, -0.15) is 4.31 Å². The molecule has 0 radical (unpaired) electrons. The van der Waals surface area contributed by atoms with E-state index in [1.165, 1.54) is 0 Å². The second-order valence-electron chi connectivity index (χ2n) is 10.5. The summed E-state index contributed by atoms with van der Waals surface area (Å²) >= 11 is 0. The topological polar surface area (TPSA) is 110 Å². The van der Waals surface area contributed by atoms with Crippen LogP contribution in [0.5, 0.6) is 0 Å². The molecule has 0 unspecified atom stereocenters. The highest BCUT2D eigenvalue weighted by molar-refractivity contribution is 7.92. The zero-order valence-corrected chi connectivity index (χ0v) is 23.2. The first-order chi connectivity index (χ1) is 19.9. The van der Waals surface area contributed by atoms with Crippen LogP contribution >= 0.6 is 0 Å². The van der Waals surface area contributed by atoms with Crippen molar-refractivity contribution in [3.8, 4) is 28.3 Å². The van der Waals surface area contributed by atoms with Crippen LogP contribution in [-0.4, -0.2) is 62.3 Å². The Balaban J connectivity index is 1.23. The number of benzene rings is 2. The summed E-state index contributed by atoms with van der Waals surface area (Å²) in [4.78, 5) is 16.6. The molecule has 0 saturated carbocycles. The van der Waals surface area contributed by atoms with Crippen LogP contribution in [0.4, 0.5) is 5.82 Å². The van der Waals surface area contributed by atoms with Crippen LogP contribution in [0.25, 0.3) is 39.5 Å². The van der Waals surface area contributed by atoms with Gasteiger partial charge in [0.25, 0.3) is 0 Å². The van der Waals surface area contributed by atoms with Crippen LogP contribution < -0.4 is 5.73 Å². The molecule has 41 heavy (non-hydrogen) atoms. The van der Waals surface area contributed by atoms with Gasteiger partial charge in [-0.15, -0.1) is 0 Å². The molecule has 2 atom stereocenters.